The first kappa shape index (κ1) is 8.98. The number of hydrogen-bond acceptors (Lipinski definition) is 1. The minimum atomic E-state index is 0.336. The molecular formula is C12H18O. The van der Waals surface area contributed by atoms with Crippen molar-refractivity contribution in [2.45, 2.75) is 46.0 Å². The molecule has 0 radical (unpaired) electrons. The molecule has 1 heteroatoms. The summed E-state index contributed by atoms with van der Waals surface area (Å²) in [5, 5.41) is 0. The Morgan fingerprint density at radius 1 is 1.38 bits per heavy atom. The molecule has 0 aromatic heterocycles. The van der Waals surface area contributed by atoms with Crippen LogP contribution in [0, 0.1) is 11.3 Å². The van der Waals surface area contributed by atoms with Crippen LogP contribution in [0.4, 0.5) is 0 Å². The third-order valence-corrected chi connectivity index (χ3v) is 4.11. The fourth-order valence-corrected chi connectivity index (χ4v) is 3.22. The number of ketones is 1. The van der Waals surface area contributed by atoms with E-state index in [0.717, 1.165) is 6.42 Å². The van der Waals surface area contributed by atoms with Crippen molar-refractivity contribution >= 4 is 5.78 Å². The summed E-state index contributed by atoms with van der Waals surface area (Å²) in [6, 6.07) is 0. The highest BCUT2D eigenvalue weighted by atomic mass is 16.1. The van der Waals surface area contributed by atoms with E-state index in [1.807, 2.05) is 6.08 Å². The standard InChI is InChI=1S/C12H18O/c1-9-7-11(13)8-10(2)12(9)5-3-4-6-12/h7,10H,3-6,8H2,1-2H3/t10-/m1/s1. The largest absolute Gasteiger partial charge is 0.295 e. The zero-order valence-electron chi connectivity index (χ0n) is 8.60. The smallest absolute Gasteiger partial charge is 0.155 e. The third-order valence-electron chi connectivity index (χ3n) is 4.11. The van der Waals surface area contributed by atoms with Crippen LogP contribution >= 0.6 is 0 Å². The summed E-state index contributed by atoms with van der Waals surface area (Å²) in [6.07, 6.45) is 7.99. The average Bonchev–Trinajstić information content (AvgIpc) is 2.50. The highest BCUT2D eigenvalue weighted by Crippen LogP contribution is 2.52. The second-order valence-corrected chi connectivity index (χ2v) is 4.76. The van der Waals surface area contributed by atoms with Gasteiger partial charge in [0, 0.05) is 6.42 Å². The summed E-state index contributed by atoms with van der Waals surface area (Å²) < 4.78 is 0. The lowest BCUT2D eigenvalue weighted by atomic mass is 9.65. The molecule has 2 aliphatic carbocycles. The van der Waals surface area contributed by atoms with Gasteiger partial charge in [-0.05, 0) is 37.2 Å². The van der Waals surface area contributed by atoms with Gasteiger partial charge in [-0.2, -0.15) is 0 Å². The fourth-order valence-electron chi connectivity index (χ4n) is 3.22. The van der Waals surface area contributed by atoms with Crippen LogP contribution in [-0.2, 0) is 4.79 Å². The van der Waals surface area contributed by atoms with Crippen molar-refractivity contribution in [1.29, 1.82) is 0 Å². The van der Waals surface area contributed by atoms with Crippen molar-refractivity contribution < 1.29 is 4.79 Å². The van der Waals surface area contributed by atoms with Crippen LogP contribution in [0.2, 0.25) is 0 Å². The number of carbonyl (C=O) groups excluding carboxylic acids is 1. The van der Waals surface area contributed by atoms with Gasteiger partial charge in [-0.1, -0.05) is 25.3 Å². The average molecular weight is 178 g/mol. The maximum absolute atomic E-state index is 11.3. The van der Waals surface area contributed by atoms with Crippen molar-refractivity contribution in [2.24, 2.45) is 11.3 Å². The first-order valence-electron chi connectivity index (χ1n) is 5.37. The molecule has 0 unspecified atom stereocenters. The molecule has 1 atom stereocenters. The second-order valence-electron chi connectivity index (χ2n) is 4.76. The molecule has 0 aromatic rings. The minimum absolute atomic E-state index is 0.336. The second kappa shape index (κ2) is 2.97. The minimum Gasteiger partial charge on any atom is -0.295 e. The van der Waals surface area contributed by atoms with Crippen molar-refractivity contribution in [2.75, 3.05) is 0 Å². The van der Waals surface area contributed by atoms with Gasteiger partial charge < -0.3 is 0 Å². The van der Waals surface area contributed by atoms with Gasteiger partial charge in [0.2, 0.25) is 0 Å². The van der Waals surface area contributed by atoms with Crippen molar-refractivity contribution in [1.82, 2.24) is 0 Å². The zero-order chi connectivity index (χ0) is 9.47. The number of allylic oxidation sites excluding steroid dienone is 2. The summed E-state index contributed by atoms with van der Waals surface area (Å²) in [7, 11) is 0. The summed E-state index contributed by atoms with van der Waals surface area (Å²) in [4.78, 5) is 11.3. The van der Waals surface area contributed by atoms with Gasteiger partial charge in [-0.3, -0.25) is 4.79 Å². The molecule has 0 aliphatic heterocycles. The Bertz CT molecular complexity index is 256. The van der Waals surface area contributed by atoms with E-state index in [1.165, 1.54) is 31.3 Å². The van der Waals surface area contributed by atoms with E-state index in [-0.39, 0.29) is 0 Å². The molecule has 13 heavy (non-hydrogen) atoms. The molecule has 0 N–H and O–H groups in total. The van der Waals surface area contributed by atoms with Crippen LogP contribution in [0.25, 0.3) is 0 Å². The lowest BCUT2D eigenvalue weighted by molar-refractivity contribution is -0.117. The molecule has 0 amide bonds. The zero-order valence-corrected chi connectivity index (χ0v) is 8.60. The molecule has 72 valence electrons. The maximum atomic E-state index is 11.3. The monoisotopic (exact) mass is 178 g/mol. The molecular weight excluding hydrogens is 160 g/mol. The first-order chi connectivity index (χ1) is 6.15. The van der Waals surface area contributed by atoms with Crippen LogP contribution in [0.5, 0.6) is 0 Å². The Morgan fingerprint density at radius 3 is 2.54 bits per heavy atom. The Balaban J connectivity index is 2.35. The summed E-state index contributed by atoms with van der Waals surface area (Å²) in [6.45, 7) is 4.40. The van der Waals surface area contributed by atoms with E-state index in [2.05, 4.69) is 13.8 Å². The van der Waals surface area contributed by atoms with Crippen LogP contribution in [0.15, 0.2) is 11.6 Å². The van der Waals surface area contributed by atoms with Crippen LogP contribution in [-0.4, -0.2) is 5.78 Å². The van der Waals surface area contributed by atoms with Crippen LogP contribution < -0.4 is 0 Å². The summed E-state index contributed by atoms with van der Waals surface area (Å²) >= 11 is 0. The Hall–Kier alpha value is -0.590. The third kappa shape index (κ3) is 1.25. The predicted molar refractivity (Wildman–Crippen MR) is 53.4 cm³/mol. The van der Waals surface area contributed by atoms with E-state index in [1.54, 1.807) is 0 Å². The van der Waals surface area contributed by atoms with Gasteiger partial charge in [0.15, 0.2) is 5.78 Å². The lowest BCUT2D eigenvalue weighted by Crippen LogP contribution is -2.32. The van der Waals surface area contributed by atoms with Crippen molar-refractivity contribution in [3.8, 4) is 0 Å². The van der Waals surface area contributed by atoms with Gasteiger partial charge in [-0.25, -0.2) is 0 Å². The molecule has 0 saturated heterocycles. The maximum Gasteiger partial charge on any atom is 0.155 e. The number of rotatable bonds is 0. The molecule has 1 nitrogen and oxygen atoms in total. The van der Waals surface area contributed by atoms with Gasteiger partial charge in [0.25, 0.3) is 0 Å². The topological polar surface area (TPSA) is 17.1 Å². The Kier molecular flexibility index (Phi) is 2.05. The van der Waals surface area contributed by atoms with Crippen molar-refractivity contribution in [3.63, 3.8) is 0 Å². The predicted octanol–water partition coefficient (Wildman–Crippen LogP) is 3.10. The highest BCUT2D eigenvalue weighted by Gasteiger charge is 2.43. The molecule has 1 spiro atoms. The molecule has 1 saturated carbocycles. The quantitative estimate of drug-likeness (QED) is 0.557. The van der Waals surface area contributed by atoms with Gasteiger partial charge in [0.05, 0.1) is 0 Å². The van der Waals surface area contributed by atoms with Crippen molar-refractivity contribution in [3.05, 3.63) is 11.6 Å². The summed E-state index contributed by atoms with van der Waals surface area (Å²) in [5.74, 6) is 0.912. The first-order valence-corrected chi connectivity index (χ1v) is 5.37. The lowest BCUT2D eigenvalue weighted by Gasteiger charge is -2.39. The SMILES string of the molecule is CC1=CC(=O)C[C@@H](C)C12CCCC2. The van der Waals surface area contributed by atoms with Gasteiger partial charge >= 0.3 is 0 Å². The molecule has 0 heterocycles. The normalized spacial score (nSPS) is 32.3. The molecule has 2 rings (SSSR count). The van der Waals surface area contributed by atoms with Gasteiger partial charge in [0.1, 0.15) is 0 Å². The molecule has 0 bridgehead atoms. The molecule has 0 aromatic carbocycles. The van der Waals surface area contributed by atoms with E-state index in [9.17, 15) is 4.79 Å². The molecule has 2 aliphatic rings. The number of hydrogen-bond donors (Lipinski definition) is 0. The van der Waals surface area contributed by atoms with E-state index in [0.29, 0.717) is 17.1 Å². The fraction of sp³-hybridized carbons (Fsp3) is 0.750. The number of carbonyl (C=O) groups is 1. The highest BCUT2D eigenvalue weighted by molar-refractivity contribution is 5.91. The Labute approximate surface area is 80.2 Å². The van der Waals surface area contributed by atoms with Crippen LogP contribution in [0.3, 0.4) is 0 Å². The van der Waals surface area contributed by atoms with Crippen LogP contribution in [0.1, 0.15) is 46.0 Å². The van der Waals surface area contributed by atoms with E-state index >= 15 is 0 Å². The summed E-state index contributed by atoms with van der Waals surface area (Å²) in [5.41, 5.74) is 1.77. The van der Waals surface area contributed by atoms with E-state index in [4.69, 9.17) is 0 Å². The van der Waals surface area contributed by atoms with Gasteiger partial charge in [-0.15, -0.1) is 0 Å². The molecule has 1 fully saturated rings. The Morgan fingerprint density at radius 2 is 2.00 bits per heavy atom. The van der Waals surface area contributed by atoms with E-state index < -0.39 is 0 Å².